The molecule has 0 aliphatic carbocycles. The minimum atomic E-state index is 0.744. The molecule has 0 unspecified atom stereocenters. The lowest BCUT2D eigenvalue weighted by atomic mass is 10.1. The number of morpholine rings is 1. The summed E-state index contributed by atoms with van der Waals surface area (Å²) in [7, 11) is 0. The van der Waals surface area contributed by atoms with Gasteiger partial charge in [0.2, 0.25) is 5.95 Å². The van der Waals surface area contributed by atoms with Gasteiger partial charge in [-0.3, -0.25) is 0 Å². The van der Waals surface area contributed by atoms with Crippen molar-refractivity contribution in [2.75, 3.05) is 31.2 Å². The van der Waals surface area contributed by atoms with Crippen molar-refractivity contribution >= 4 is 17.5 Å². The number of benzene rings is 1. The second kappa shape index (κ2) is 6.20. The van der Waals surface area contributed by atoms with Gasteiger partial charge in [0.15, 0.2) is 0 Å². The second-order valence-electron chi connectivity index (χ2n) is 4.80. The molecule has 3 rings (SSSR count). The first kappa shape index (κ1) is 13.3. The third-order valence-electron chi connectivity index (χ3n) is 3.28. The van der Waals surface area contributed by atoms with Crippen LogP contribution < -0.4 is 4.90 Å². The van der Waals surface area contributed by atoms with E-state index in [0.29, 0.717) is 0 Å². The highest BCUT2D eigenvalue weighted by atomic mass is 35.5. The van der Waals surface area contributed by atoms with E-state index < -0.39 is 0 Å². The van der Waals surface area contributed by atoms with E-state index in [4.69, 9.17) is 16.3 Å². The minimum Gasteiger partial charge on any atom is -0.378 e. The maximum Gasteiger partial charge on any atom is 0.225 e. The van der Waals surface area contributed by atoms with Gasteiger partial charge in [-0.05, 0) is 23.3 Å². The Hall–Kier alpha value is -1.65. The zero-order valence-corrected chi connectivity index (χ0v) is 11.9. The van der Waals surface area contributed by atoms with Crippen LogP contribution in [0.5, 0.6) is 0 Å². The number of ether oxygens (including phenoxy) is 1. The minimum absolute atomic E-state index is 0.744. The van der Waals surface area contributed by atoms with Crippen molar-refractivity contribution in [1.82, 2.24) is 9.97 Å². The summed E-state index contributed by atoms with van der Waals surface area (Å²) in [5.41, 5.74) is 2.25. The Labute approximate surface area is 123 Å². The summed E-state index contributed by atoms with van der Waals surface area (Å²) in [5, 5.41) is 0.758. The largest absolute Gasteiger partial charge is 0.378 e. The van der Waals surface area contributed by atoms with Crippen LogP contribution in [-0.2, 0) is 11.2 Å². The molecule has 0 radical (unpaired) electrons. The molecule has 0 bridgehead atoms. The molecule has 1 fully saturated rings. The topological polar surface area (TPSA) is 38.2 Å². The standard InChI is InChI=1S/C15H16ClN3O/c16-14-3-1-2-12(9-14)8-13-10-17-15(18-11-13)19-4-6-20-7-5-19/h1-3,9-11H,4-8H2. The number of hydrogen-bond acceptors (Lipinski definition) is 4. The fraction of sp³-hybridized carbons (Fsp3) is 0.333. The zero-order valence-electron chi connectivity index (χ0n) is 11.1. The molecule has 0 N–H and O–H groups in total. The summed E-state index contributed by atoms with van der Waals surface area (Å²) in [6, 6.07) is 7.86. The normalized spacial score (nSPS) is 15.3. The van der Waals surface area contributed by atoms with E-state index in [1.54, 1.807) is 0 Å². The molecule has 20 heavy (non-hydrogen) atoms. The molecule has 2 aromatic rings. The predicted octanol–water partition coefficient (Wildman–Crippen LogP) is 2.56. The van der Waals surface area contributed by atoms with Gasteiger partial charge in [-0.15, -0.1) is 0 Å². The van der Waals surface area contributed by atoms with Crippen LogP contribution in [0.1, 0.15) is 11.1 Å². The lowest BCUT2D eigenvalue weighted by molar-refractivity contribution is 0.122. The molecule has 4 nitrogen and oxygen atoms in total. The Kier molecular flexibility index (Phi) is 4.14. The van der Waals surface area contributed by atoms with Gasteiger partial charge in [-0.1, -0.05) is 23.7 Å². The van der Waals surface area contributed by atoms with E-state index in [1.165, 1.54) is 5.56 Å². The average Bonchev–Trinajstić information content (AvgIpc) is 2.49. The highest BCUT2D eigenvalue weighted by Gasteiger charge is 2.13. The zero-order chi connectivity index (χ0) is 13.8. The maximum atomic E-state index is 5.99. The third kappa shape index (κ3) is 3.26. The van der Waals surface area contributed by atoms with Crippen LogP contribution in [0.3, 0.4) is 0 Å². The number of nitrogens with zero attached hydrogens (tertiary/aromatic N) is 3. The van der Waals surface area contributed by atoms with Gasteiger partial charge in [0.1, 0.15) is 0 Å². The number of rotatable bonds is 3. The number of anilines is 1. The Morgan fingerprint density at radius 1 is 1.10 bits per heavy atom. The quantitative estimate of drug-likeness (QED) is 0.870. The van der Waals surface area contributed by atoms with Gasteiger partial charge < -0.3 is 9.64 Å². The lowest BCUT2D eigenvalue weighted by Crippen LogP contribution is -2.37. The van der Waals surface area contributed by atoms with Crippen molar-refractivity contribution in [3.8, 4) is 0 Å². The molecule has 5 heteroatoms. The van der Waals surface area contributed by atoms with Gasteiger partial charge in [0.05, 0.1) is 13.2 Å². The predicted molar refractivity (Wildman–Crippen MR) is 79.3 cm³/mol. The summed E-state index contributed by atoms with van der Waals surface area (Å²) < 4.78 is 5.33. The molecular formula is C15H16ClN3O. The number of halogens is 1. The maximum absolute atomic E-state index is 5.99. The first-order valence-electron chi connectivity index (χ1n) is 6.69. The summed E-state index contributed by atoms with van der Waals surface area (Å²) in [6.07, 6.45) is 4.57. The molecule has 1 aromatic carbocycles. The van der Waals surface area contributed by atoms with E-state index >= 15 is 0 Å². The molecule has 1 aliphatic rings. The molecule has 0 spiro atoms. The van der Waals surface area contributed by atoms with Crippen molar-refractivity contribution in [2.24, 2.45) is 0 Å². The Morgan fingerprint density at radius 2 is 1.85 bits per heavy atom. The molecule has 0 saturated carbocycles. The number of aromatic nitrogens is 2. The molecule has 104 valence electrons. The molecule has 0 atom stereocenters. The van der Waals surface area contributed by atoms with Crippen LogP contribution in [0.15, 0.2) is 36.7 Å². The summed E-state index contributed by atoms with van der Waals surface area (Å²) in [6.45, 7) is 3.20. The van der Waals surface area contributed by atoms with E-state index in [1.807, 2.05) is 30.6 Å². The Balaban J connectivity index is 1.69. The summed E-state index contributed by atoms with van der Waals surface area (Å²) >= 11 is 5.99. The molecule has 1 aromatic heterocycles. The smallest absolute Gasteiger partial charge is 0.225 e. The van der Waals surface area contributed by atoms with Gasteiger partial charge >= 0.3 is 0 Å². The van der Waals surface area contributed by atoms with E-state index in [2.05, 4.69) is 20.9 Å². The van der Waals surface area contributed by atoms with Crippen LogP contribution in [0.25, 0.3) is 0 Å². The third-order valence-corrected chi connectivity index (χ3v) is 3.52. The van der Waals surface area contributed by atoms with E-state index in [0.717, 1.165) is 49.3 Å². The van der Waals surface area contributed by atoms with Crippen molar-refractivity contribution in [3.63, 3.8) is 0 Å². The molecule has 2 heterocycles. The Morgan fingerprint density at radius 3 is 2.55 bits per heavy atom. The van der Waals surface area contributed by atoms with Crippen molar-refractivity contribution in [2.45, 2.75) is 6.42 Å². The molecule has 1 aliphatic heterocycles. The van der Waals surface area contributed by atoms with Gasteiger partial charge in [0.25, 0.3) is 0 Å². The average molecular weight is 290 g/mol. The lowest BCUT2D eigenvalue weighted by Gasteiger charge is -2.26. The fourth-order valence-electron chi connectivity index (χ4n) is 2.25. The number of hydrogen-bond donors (Lipinski definition) is 0. The van der Waals surface area contributed by atoms with Gasteiger partial charge in [-0.25, -0.2) is 9.97 Å². The summed E-state index contributed by atoms with van der Waals surface area (Å²) in [5.74, 6) is 0.781. The van der Waals surface area contributed by atoms with Crippen molar-refractivity contribution in [3.05, 3.63) is 52.8 Å². The summed E-state index contributed by atoms with van der Waals surface area (Å²) in [4.78, 5) is 11.0. The Bertz CT molecular complexity index is 568. The first-order chi connectivity index (χ1) is 9.81. The SMILES string of the molecule is Clc1cccc(Cc2cnc(N3CCOCC3)nc2)c1. The van der Waals surface area contributed by atoms with Crippen LogP contribution >= 0.6 is 11.6 Å². The van der Waals surface area contributed by atoms with E-state index in [-0.39, 0.29) is 0 Å². The van der Waals surface area contributed by atoms with E-state index in [9.17, 15) is 0 Å². The fourth-order valence-corrected chi connectivity index (χ4v) is 2.46. The monoisotopic (exact) mass is 289 g/mol. The van der Waals surface area contributed by atoms with Crippen LogP contribution in [-0.4, -0.2) is 36.3 Å². The first-order valence-corrected chi connectivity index (χ1v) is 7.07. The van der Waals surface area contributed by atoms with Gasteiger partial charge in [-0.2, -0.15) is 0 Å². The second-order valence-corrected chi connectivity index (χ2v) is 5.23. The highest BCUT2D eigenvalue weighted by Crippen LogP contribution is 2.15. The molecule has 0 amide bonds. The highest BCUT2D eigenvalue weighted by molar-refractivity contribution is 6.30. The van der Waals surface area contributed by atoms with Gasteiger partial charge in [0, 0.05) is 36.9 Å². The molecule has 1 saturated heterocycles. The van der Waals surface area contributed by atoms with Crippen molar-refractivity contribution in [1.29, 1.82) is 0 Å². The van der Waals surface area contributed by atoms with Crippen molar-refractivity contribution < 1.29 is 4.74 Å². The molecular weight excluding hydrogens is 274 g/mol. The van der Waals surface area contributed by atoms with Crippen LogP contribution in [0.4, 0.5) is 5.95 Å². The van der Waals surface area contributed by atoms with Crippen LogP contribution in [0.2, 0.25) is 5.02 Å². The van der Waals surface area contributed by atoms with Crippen LogP contribution in [0, 0.1) is 0 Å².